The first-order valence-electron chi connectivity index (χ1n) is 9.05. The van der Waals surface area contributed by atoms with Gasteiger partial charge in [0.25, 0.3) is 0 Å². The number of hydrogen-bond donors (Lipinski definition) is 1. The molecule has 1 aromatic carbocycles. The van der Waals surface area contributed by atoms with Gasteiger partial charge in [-0.2, -0.15) is 0 Å². The zero-order valence-corrected chi connectivity index (χ0v) is 15.3. The van der Waals surface area contributed by atoms with Gasteiger partial charge in [0.15, 0.2) is 0 Å². The second-order valence-corrected chi connectivity index (χ2v) is 6.56. The summed E-state index contributed by atoms with van der Waals surface area (Å²) in [6.45, 7) is 12.5. The summed E-state index contributed by atoms with van der Waals surface area (Å²) < 4.78 is 0. The van der Waals surface area contributed by atoms with Crippen molar-refractivity contribution in [1.29, 1.82) is 0 Å². The van der Waals surface area contributed by atoms with Gasteiger partial charge in [-0.25, -0.2) is 0 Å². The molecule has 1 aromatic rings. The minimum Gasteiger partial charge on any atom is -0.349 e. The number of hydrogen-bond acceptors (Lipinski definition) is 1. The molecule has 0 fully saturated rings. The average Bonchev–Trinajstić information content (AvgIpc) is 2.54. The van der Waals surface area contributed by atoms with Crippen LogP contribution in [0.3, 0.4) is 0 Å². The van der Waals surface area contributed by atoms with Crippen molar-refractivity contribution < 1.29 is 4.79 Å². The summed E-state index contributed by atoms with van der Waals surface area (Å²) in [6.07, 6.45) is 5.90. The maximum Gasteiger partial charge on any atom is 0.223 e. The number of rotatable bonds is 10. The molecule has 128 valence electrons. The molecule has 0 aliphatic rings. The van der Waals surface area contributed by atoms with Crippen molar-refractivity contribution in [3.05, 3.63) is 47.5 Å². The van der Waals surface area contributed by atoms with Crippen LogP contribution in [0.5, 0.6) is 0 Å². The van der Waals surface area contributed by atoms with Gasteiger partial charge in [0.05, 0.1) is 6.04 Å². The molecule has 1 amide bonds. The predicted octanol–water partition coefficient (Wildman–Crippen LogP) is 5.07. The molecule has 1 unspecified atom stereocenters. The van der Waals surface area contributed by atoms with Gasteiger partial charge < -0.3 is 5.32 Å². The van der Waals surface area contributed by atoms with Crippen LogP contribution in [0.1, 0.15) is 64.5 Å². The van der Waals surface area contributed by atoms with Crippen LogP contribution in [0, 0.1) is 5.92 Å². The number of carbonyl (C=O) groups is 1. The standard InChI is InChI=1S/C21H33NO/c1-6-9-19(10-7-2)21(23)22-20(16(4)5)15-18-13-11-17(8-3)12-14-18/h11-14,19-20H,4,6-10,15H2,1-3,5H3,(H,22,23). The Balaban J connectivity index is 2.73. The van der Waals surface area contributed by atoms with Crippen LogP contribution in [0.15, 0.2) is 36.4 Å². The lowest BCUT2D eigenvalue weighted by Gasteiger charge is -2.23. The van der Waals surface area contributed by atoms with Crippen molar-refractivity contribution in [3.63, 3.8) is 0 Å². The minimum atomic E-state index is 0.0196. The highest BCUT2D eigenvalue weighted by Crippen LogP contribution is 2.16. The predicted molar refractivity (Wildman–Crippen MR) is 99.6 cm³/mol. The Kier molecular flexibility index (Phi) is 8.68. The molecule has 0 saturated carbocycles. The molecule has 1 N–H and O–H groups in total. The van der Waals surface area contributed by atoms with Gasteiger partial charge >= 0.3 is 0 Å². The highest BCUT2D eigenvalue weighted by molar-refractivity contribution is 5.79. The number of amides is 1. The van der Waals surface area contributed by atoms with E-state index in [0.717, 1.165) is 44.1 Å². The monoisotopic (exact) mass is 315 g/mol. The van der Waals surface area contributed by atoms with Gasteiger partial charge in [0.1, 0.15) is 0 Å². The van der Waals surface area contributed by atoms with Crippen molar-refractivity contribution in [2.24, 2.45) is 5.92 Å². The Bertz CT molecular complexity index is 483. The van der Waals surface area contributed by atoms with Crippen LogP contribution in [0.25, 0.3) is 0 Å². The third-order valence-electron chi connectivity index (χ3n) is 4.43. The van der Waals surface area contributed by atoms with E-state index < -0.39 is 0 Å². The number of benzene rings is 1. The van der Waals surface area contributed by atoms with E-state index in [0.29, 0.717) is 0 Å². The first kappa shape index (κ1) is 19.5. The molecule has 0 saturated heterocycles. The molecule has 0 bridgehead atoms. The van der Waals surface area contributed by atoms with Gasteiger partial charge in [0, 0.05) is 5.92 Å². The quantitative estimate of drug-likeness (QED) is 0.600. The van der Waals surface area contributed by atoms with E-state index in [1.54, 1.807) is 0 Å². The Hall–Kier alpha value is -1.57. The highest BCUT2D eigenvalue weighted by Gasteiger charge is 2.20. The summed E-state index contributed by atoms with van der Waals surface area (Å²) in [5, 5.41) is 3.22. The van der Waals surface area contributed by atoms with Gasteiger partial charge in [-0.05, 0) is 43.7 Å². The zero-order chi connectivity index (χ0) is 17.2. The molecule has 1 rings (SSSR count). The summed E-state index contributed by atoms with van der Waals surface area (Å²) >= 11 is 0. The largest absolute Gasteiger partial charge is 0.349 e. The zero-order valence-electron chi connectivity index (χ0n) is 15.3. The summed E-state index contributed by atoms with van der Waals surface area (Å²) in [6, 6.07) is 8.69. The molecular weight excluding hydrogens is 282 g/mol. The number of nitrogens with one attached hydrogen (secondary N) is 1. The molecule has 2 heteroatoms. The van der Waals surface area contributed by atoms with E-state index in [9.17, 15) is 4.79 Å². The molecule has 0 aliphatic carbocycles. The molecular formula is C21H33NO. The molecule has 0 spiro atoms. The lowest BCUT2D eigenvalue weighted by atomic mass is 9.95. The summed E-state index contributed by atoms with van der Waals surface area (Å²) in [5.74, 6) is 0.321. The van der Waals surface area contributed by atoms with E-state index in [2.05, 4.69) is 56.9 Å². The lowest BCUT2D eigenvalue weighted by Crippen LogP contribution is -2.40. The van der Waals surface area contributed by atoms with Crippen LogP contribution in [-0.4, -0.2) is 11.9 Å². The van der Waals surface area contributed by atoms with E-state index in [1.165, 1.54) is 11.1 Å². The molecule has 0 heterocycles. The Morgan fingerprint density at radius 3 is 2.00 bits per heavy atom. The molecule has 2 nitrogen and oxygen atoms in total. The number of aryl methyl sites for hydroxylation is 1. The van der Waals surface area contributed by atoms with Gasteiger partial charge in [-0.1, -0.05) is 70.0 Å². The second kappa shape index (κ2) is 10.3. The van der Waals surface area contributed by atoms with Crippen LogP contribution < -0.4 is 5.32 Å². The Labute approximate surface area is 142 Å². The first-order chi connectivity index (χ1) is 11.0. The van der Waals surface area contributed by atoms with Crippen LogP contribution in [-0.2, 0) is 17.6 Å². The Morgan fingerprint density at radius 2 is 1.57 bits per heavy atom. The maximum absolute atomic E-state index is 12.6. The van der Waals surface area contributed by atoms with Crippen molar-refractivity contribution >= 4 is 5.91 Å². The smallest absolute Gasteiger partial charge is 0.223 e. The Morgan fingerprint density at radius 1 is 1.04 bits per heavy atom. The van der Waals surface area contributed by atoms with Crippen LogP contribution in [0.4, 0.5) is 0 Å². The SMILES string of the molecule is C=C(C)C(Cc1ccc(CC)cc1)NC(=O)C(CCC)CCC. The fraction of sp³-hybridized carbons (Fsp3) is 0.571. The normalized spacial score (nSPS) is 12.2. The molecule has 0 aromatic heterocycles. The van der Waals surface area contributed by atoms with E-state index in [1.807, 2.05) is 6.92 Å². The first-order valence-corrected chi connectivity index (χ1v) is 9.05. The molecule has 0 aliphatic heterocycles. The fourth-order valence-electron chi connectivity index (χ4n) is 2.89. The molecule has 23 heavy (non-hydrogen) atoms. The highest BCUT2D eigenvalue weighted by atomic mass is 16.1. The van der Waals surface area contributed by atoms with Crippen molar-refractivity contribution in [2.45, 2.75) is 72.3 Å². The van der Waals surface area contributed by atoms with Crippen LogP contribution in [0.2, 0.25) is 0 Å². The van der Waals surface area contributed by atoms with Gasteiger partial charge in [0.2, 0.25) is 5.91 Å². The fourth-order valence-corrected chi connectivity index (χ4v) is 2.89. The van der Waals surface area contributed by atoms with Crippen molar-refractivity contribution in [2.75, 3.05) is 0 Å². The summed E-state index contributed by atoms with van der Waals surface area (Å²) in [7, 11) is 0. The van der Waals surface area contributed by atoms with Crippen molar-refractivity contribution in [3.8, 4) is 0 Å². The van der Waals surface area contributed by atoms with E-state index in [4.69, 9.17) is 0 Å². The van der Waals surface area contributed by atoms with E-state index in [-0.39, 0.29) is 17.9 Å². The number of carbonyl (C=O) groups excluding carboxylic acids is 1. The second-order valence-electron chi connectivity index (χ2n) is 6.56. The molecule has 1 atom stereocenters. The summed E-state index contributed by atoms with van der Waals surface area (Å²) in [5.41, 5.74) is 3.61. The van der Waals surface area contributed by atoms with Crippen LogP contribution >= 0.6 is 0 Å². The third kappa shape index (κ3) is 6.60. The average molecular weight is 316 g/mol. The summed E-state index contributed by atoms with van der Waals surface area (Å²) in [4.78, 5) is 12.6. The third-order valence-corrected chi connectivity index (χ3v) is 4.43. The maximum atomic E-state index is 12.6. The minimum absolute atomic E-state index is 0.0196. The van der Waals surface area contributed by atoms with Crippen molar-refractivity contribution in [1.82, 2.24) is 5.32 Å². The van der Waals surface area contributed by atoms with E-state index >= 15 is 0 Å². The lowest BCUT2D eigenvalue weighted by molar-refractivity contribution is -0.126. The van der Waals surface area contributed by atoms with Gasteiger partial charge in [-0.3, -0.25) is 4.79 Å². The van der Waals surface area contributed by atoms with Gasteiger partial charge in [-0.15, -0.1) is 0 Å². The topological polar surface area (TPSA) is 29.1 Å². The molecule has 0 radical (unpaired) electrons.